The van der Waals surface area contributed by atoms with Crippen molar-refractivity contribution in [2.24, 2.45) is 5.73 Å². The number of hydrogen-bond acceptors (Lipinski definition) is 2. The van der Waals surface area contributed by atoms with Gasteiger partial charge in [0.2, 0.25) is 0 Å². The van der Waals surface area contributed by atoms with Crippen LogP contribution in [0.2, 0.25) is 5.02 Å². The first kappa shape index (κ1) is 15.3. The third kappa shape index (κ3) is 4.42. The van der Waals surface area contributed by atoms with E-state index in [-0.39, 0.29) is 12.4 Å². The van der Waals surface area contributed by atoms with Crippen LogP contribution in [0.15, 0.2) is 22.7 Å². The fourth-order valence-electron chi connectivity index (χ4n) is 2.14. The number of halogens is 3. The fourth-order valence-corrected chi connectivity index (χ4v) is 2.71. The van der Waals surface area contributed by atoms with Gasteiger partial charge in [-0.2, -0.15) is 0 Å². The van der Waals surface area contributed by atoms with E-state index in [1.165, 1.54) is 12.0 Å². The molecule has 0 spiro atoms. The highest BCUT2D eigenvalue weighted by Gasteiger charge is 2.17. The molecule has 5 heteroatoms. The second kappa shape index (κ2) is 6.95. The van der Waals surface area contributed by atoms with Crippen molar-refractivity contribution >= 4 is 39.9 Å². The summed E-state index contributed by atoms with van der Waals surface area (Å²) < 4.78 is 1.12. The molecule has 0 saturated carbocycles. The first-order valence-corrected chi connectivity index (χ1v) is 6.74. The zero-order valence-corrected chi connectivity index (χ0v) is 12.7. The summed E-state index contributed by atoms with van der Waals surface area (Å²) in [6, 6.07) is 6.25. The molecule has 2 nitrogen and oxygen atoms in total. The van der Waals surface area contributed by atoms with Gasteiger partial charge in [-0.15, -0.1) is 12.4 Å². The summed E-state index contributed by atoms with van der Waals surface area (Å²) >= 11 is 9.55. The Morgan fingerprint density at radius 1 is 1.47 bits per heavy atom. The van der Waals surface area contributed by atoms with E-state index in [1.54, 1.807) is 0 Å². The monoisotopic (exact) mass is 338 g/mol. The molecular weight excluding hydrogens is 323 g/mol. The Morgan fingerprint density at radius 2 is 2.24 bits per heavy atom. The van der Waals surface area contributed by atoms with Crippen LogP contribution in [0.25, 0.3) is 0 Å². The Balaban J connectivity index is 0.00000144. The molecule has 2 N–H and O–H groups in total. The summed E-state index contributed by atoms with van der Waals surface area (Å²) in [4.78, 5) is 2.39. The molecule has 1 aromatic rings. The Hall–Kier alpha value is 0.200. The zero-order chi connectivity index (χ0) is 11.5. The first-order valence-electron chi connectivity index (χ1n) is 5.57. The standard InChI is InChI=1S/C12H16BrClN2.ClH/c13-12-4-3-10(14)6-9(12)7-16-5-1-2-11(15)8-16;/h3-4,6,11H,1-2,5,7-8,15H2;1H/t11-;/m1./s1. The van der Waals surface area contributed by atoms with Crippen LogP contribution in [-0.4, -0.2) is 24.0 Å². The maximum absolute atomic E-state index is 6.00. The fraction of sp³-hybridized carbons (Fsp3) is 0.500. The van der Waals surface area contributed by atoms with E-state index in [4.69, 9.17) is 17.3 Å². The number of likely N-dealkylation sites (tertiary alicyclic amines) is 1. The summed E-state index contributed by atoms with van der Waals surface area (Å²) in [6.07, 6.45) is 2.34. The Kier molecular flexibility index (Phi) is 6.24. The van der Waals surface area contributed by atoms with Gasteiger partial charge in [-0.25, -0.2) is 0 Å². The topological polar surface area (TPSA) is 29.3 Å². The van der Waals surface area contributed by atoms with Gasteiger partial charge in [0.25, 0.3) is 0 Å². The van der Waals surface area contributed by atoms with Gasteiger partial charge in [0.1, 0.15) is 0 Å². The van der Waals surface area contributed by atoms with E-state index < -0.39 is 0 Å². The Bertz CT molecular complexity index is 374. The minimum absolute atomic E-state index is 0. The minimum Gasteiger partial charge on any atom is -0.327 e. The van der Waals surface area contributed by atoms with E-state index in [1.807, 2.05) is 18.2 Å². The Labute approximate surface area is 122 Å². The molecule has 1 fully saturated rings. The lowest BCUT2D eigenvalue weighted by molar-refractivity contribution is 0.201. The molecular formula is C12H17BrCl2N2. The van der Waals surface area contributed by atoms with Crippen LogP contribution in [0.1, 0.15) is 18.4 Å². The molecule has 0 amide bonds. The molecule has 0 aliphatic carbocycles. The molecule has 17 heavy (non-hydrogen) atoms. The highest BCUT2D eigenvalue weighted by molar-refractivity contribution is 9.10. The van der Waals surface area contributed by atoms with Crippen LogP contribution in [0, 0.1) is 0 Å². The summed E-state index contributed by atoms with van der Waals surface area (Å²) in [5, 5.41) is 0.791. The number of hydrogen-bond donors (Lipinski definition) is 1. The van der Waals surface area contributed by atoms with Crippen molar-refractivity contribution in [2.75, 3.05) is 13.1 Å². The maximum Gasteiger partial charge on any atom is 0.0410 e. The lowest BCUT2D eigenvalue weighted by Crippen LogP contribution is -2.42. The quantitative estimate of drug-likeness (QED) is 0.894. The van der Waals surface area contributed by atoms with Crippen LogP contribution in [0.3, 0.4) is 0 Å². The van der Waals surface area contributed by atoms with Crippen molar-refractivity contribution in [3.05, 3.63) is 33.3 Å². The molecule has 1 saturated heterocycles. The van der Waals surface area contributed by atoms with Crippen molar-refractivity contribution in [1.29, 1.82) is 0 Å². The van der Waals surface area contributed by atoms with Gasteiger partial charge in [-0.05, 0) is 43.1 Å². The number of nitrogens with two attached hydrogens (primary N) is 1. The molecule has 0 aromatic heterocycles. The van der Waals surface area contributed by atoms with Crippen molar-refractivity contribution < 1.29 is 0 Å². The largest absolute Gasteiger partial charge is 0.327 e. The van der Waals surface area contributed by atoms with Crippen LogP contribution < -0.4 is 5.73 Å². The minimum atomic E-state index is 0. The van der Waals surface area contributed by atoms with Crippen molar-refractivity contribution in [3.8, 4) is 0 Å². The lowest BCUT2D eigenvalue weighted by atomic mass is 10.1. The van der Waals surface area contributed by atoms with E-state index in [0.717, 1.165) is 35.6 Å². The number of nitrogens with zero attached hydrogens (tertiary/aromatic N) is 1. The van der Waals surface area contributed by atoms with E-state index in [0.29, 0.717) is 6.04 Å². The van der Waals surface area contributed by atoms with Gasteiger partial charge < -0.3 is 5.73 Å². The summed E-state index contributed by atoms with van der Waals surface area (Å²) in [5.74, 6) is 0. The molecule has 0 radical (unpaired) electrons. The average Bonchev–Trinajstić information content (AvgIpc) is 2.24. The average molecular weight is 340 g/mol. The SMILES string of the molecule is Cl.N[C@@H]1CCCN(Cc2cc(Cl)ccc2Br)C1. The molecule has 1 aliphatic heterocycles. The Morgan fingerprint density at radius 3 is 2.94 bits per heavy atom. The van der Waals surface area contributed by atoms with Gasteiger partial charge in [0, 0.05) is 28.6 Å². The van der Waals surface area contributed by atoms with E-state index in [9.17, 15) is 0 Å². The molecule has 1 aromatic carbocycles. The molecule has 1 aliphatic rings. The lowest BCUT2D eigenvalue weighted by Gasteiger charge is -2.30. The third-order valence-corrected chi connectivity index (χ3v) is 3.95. The van der Waals surface area contributed by atoms with Gasteiger partial charge in [-0.1, -0.05) is 27.5 Å². The number of rotatable bonds is 2. The molecule has 1 heterocycles. The molecule has 0 unspecified atom stereocenters. The highest BCUT2D eigenvalue weighted by atomic mass is 79.9. The highest BCUT2D eigenvalue weighted by Crippen LogP contribution is 2.23. The predicted octanol–water partition coefficient (Wildman–Crippen LogP) is 3.45. The predicted molar refractivity (Wildman–Crippen MR) is 78.9 cm³/mol. The van der Waals surface area contributed by atoms with Gasteiger partial charge >= 0.3 is 0 Å². The number of benzene rings is 1. The van der Waals surface area contributed by atoms with Crippen molar-refractivity contribution in [3.63, 3.8) is 0 Å². The second-order valence-electron chi connectivity index (χ2n) is 4.37. The molecule has 0 bridgehead atoms. The van der Waals surface area contributed by atoms with Crippen LogP contribution in [-0.2, 0) is 6.54 Å². The summed E-state index contributed by atoms with van der Waals surface area (Å²) in [7, 11) is 0. The van der Waals surface area contributed by atoms with Gasteiger partial charge in [0.05, 0.1) is 0 Å². The normalized spacial score (nSPS) is 21.0. The smallest absolute Gasteiger partial charge is 0.0410 e. The van der Waals surface area contributed by atoms with Crippen LogP contribution in [0.5, 0.6) is 0 Å². The number of piperidine rings is 1. The zero-order valence-electron chi connectivity index (χ0n) is 9.53. The third-order valence-electron chi connectivity index (χ3n) is 2.94. The summed E-state index contributed by atoms with van der Waals surface area (Å²) in [6.45, 7) is 3.04. The summed E-state index contributed by atoms with van der Waals surface area (Å²) in [5.41, 5.74) is 7.20. The second-order valence-corrected chi connectivity index (χ2v) is 5.66. The maximum atomic E-state index is 6.00. The van der Waals surface area contributed by atoms with Crippen molar-refractivity contribution in [2.45, 2.75) is 25.4 Å². The first-order chi connectivity index (χ1) is 7.65. The van der Waals surface area contributed by atoms with Crippen LogP contribution >= 0.6 is 39.9 Å². The molecule has 1 atom stereocenters. The van der Waals surface area contributed by atoms with E-state index >= 15 is 0 Å². The van der Waals surface area contributed by atoms with Crippen LogP contribution in [0.4, 0.5) is 0 Å². The molecule has 2 rings (SSSR count). The van der Waals surface area contributed by atoms with E-state index in [2.05, 4.69) is 20.8 Å². The molecule has 96 valence electrons. The van der Waals surface area contributed by atoms with Crippen molar-refractivity contribution in [1.82, 2.24) is 4.90 Å². The van der Waals surface area contributed by atoms with Gasteiger partial charge in [-0.3, -0.25) is 4.90 Å². The van der Waals surface area contributed by atoms with Gasteiger partial charge in [0.15, 0.2) is 0 Å².